The second kappa shape index (κ2) is 6.22. The quantitative estimate of drug-likeness (QED) is 0.462. The zero-order chi connectivity index (χ0) is 10.3. The van der Waals surface area contributed by atoms with Crippen LogP contribution >= 0.6 is 11.8 Å². The number of hydrogen-bond donors (Lipinski definition) is 2. The van der Waals surface area contributed by atoms with Gasteiger partial charge in [0, 0.05) is 6.04 Å². The molecule has 0 saturated carbocycles. The van der Waals surface area contributed by atoms with Crippen LogP contribution in [0.15, 0.2) is 0 Å². The lowest BCUT2D eigenvalue weighted by Crippen LogP contribution is -2.35. The number of carbonyl (C=O) groups excluding carboxylic acids is 1. The van der Waals surface area contributed by atoms with E-state index >= 15 is 0 Å². The molecule has 0 fully saturated rings. The normalized spacial score (nSPS) is 13.7. The molecule has 0 aliphatic heterocycles. The summed E-state index contributed by atoms with van der Waals surface area (Å²) in [7, 11) is -4.01. The maximum absolute atomic E-state index is 10.5. The predicted molar refractivity (Wildman–Crippen MR) is 52.4 cm³/mol. The van der Waals surface area contributed by atoms with E-state index in [1.807, 2.05) is 6.26 Å². The summed E-state index contributed by atoms with van der Waals surface area (Å²) in [6.45, 7) is 0. The number of carbonyl (C=O) groups is 1. The minimum absolute atomic E-state index is 0.424. The van der Waals surface area contributed by atoms with Crippen molar-refractivity contribution in [3.63, 3.8) is 0 Å². The molecule has 2 N–H and O–H groups in total. The van der Waals surface area contributed by atoms with Crippen LogP contribution in [0.1, 0.15) is 6.42 Å². The summed E-state index contributed by atoms with van der Waals surface area (Å²) in [6, 6.07) is -0.500. The Morgan fingerprint density at radius 2 is 2.23 bits per heavy atom. The van der Waals surface area contributed by atoms with Gasteiger partial charge in [-0.3, -0.25) is 9.35 Å². The molecule has 0 bridgehead atoms. The summed E-state index contributed by atoms with van der Waals surface area (Å²) in [5.74, 6) is 0.313. The Balaban J connectivity index is 4.01. The Labute approximate surface area is 82.0 Å². The van der Waals surface area contributed by atoms with Crippen LogP contribution in [0.2, 0.25) is 0 Å². The fraction of sp³-hybridized carbons (Fsp3) is 0.833. The van der Waals surface area contributed by atoms with E-state index < -0.39 is 21.9 Å². The first-order chi connectivity index (χ1) is 5.99. The molecule has 0 spiro atoms. The van der Waals surface area contributed by atoms with Gasteiger partial charge in [0.1, 0.15) is 0 Å². The highest BCUT2D eigenvalue weighted by molar-refractivity contribution is 7.98. The van der Waals surface area contributed by atoms with Gasteiger partial charge in [-0.05, 0) is 18.4 Å². The Bertz CT molecular complexity index is 239. The number of nitrogens with one attached hydrogen (secondary N) is 1. The number of rotatable bonds is 7. The molecular weight excluding hydrogens is 214 g/mol. The van der Waals surface area contributed by atoms with Gasteiger partial charge in [-0.15, -0.1) is 0 Å². The minimum atomic E-state index is -4.01. The number of hydrogen-bond acceptors (Lipinski definition) is 4. The van der Waals surface area contributed by atoms with E-state index in [-0.39, 0.29) is 0 Å². The molecule has 0 heterocycles. The maximum Gasteiger partial charge on any atom is 0.266 e. The van der Waals surface area contributed by atoms with Crippen molar-refractivity contribution in [3.8, 4) is 0 Å². The molecule has 0 radical (unpaired) electrons. The van der Waals surface area contributed by atoms with Crippen LogP contribution in [0.25, 0.3) is 0 Å². The molecule has 0 saturated heterocycles. The largest absolute Gasteiger partial charge is 0.355 e. The van der Waals surface area contributed by atoms with Gasteiger partial charge in [-0.2, -0.15) is 20.2 Å². The van der Waals surface area contributed by atoms with E-state index in [0.717, 1.165) is 5.75 Å². The van der Waals surface area contributed by atoms with Gasteiger partial charge in [0.2, 0.25) is 6.41 Å². The van der Waals surface area contributed by atoms with Crippen LogP contribution < -0.4 is 5.32 Å². The van der Waals surface area contributed by atoms with Crippen LogP contribution in [0.5, 0.6) is 0 Å². The van der Waals surface area contributed by atoms with E-state index in [1.165, 1.54) is 0 Å². The molecule has 1 atom stereocenters. The Morgan fingerprint density at radius 1 is 1.62 bits per heavy atom. The molecule has 1 amide bonds. The maximum atomic E-state index is 10.5. The SMILES string of the molecule is CSCCC(CS(=O)(=O)O)NC=O. The first-order valence-corrected chi connectivity index (χ1v) is 6.63. The highest BCUT2D eigenvalue weighted by Crippen LogP contribution is 2.02. The summed E-state index contributed by atoms with van der Waals surface area (Å²) in [6.07, 6.45) is 2.85. The molecule has 78 valence electrons. The molecule has 1 unspecified atom stereocenters. The fourth-order valence-electron chi connectivity index (χ4n) is 0.825. The molecule has 0 aromatic rings. The second-order valence-electron chi connectivity index (χ2n) is 2.51. The van der Waals surface area contributed by atoms with Gasteiger partial charge in [-0.1, -0.05) is 0 Å². The lowest BCUT2D eigenvalue weighted by molar-refractivity contribution is -0.110. The van der Waals surface area contributed by atoms with Gasteiger partial charge < -0.3 is 5.32 Å². The Hall–Kier alpha value is -0.270. The van der Waals surface area contributed by atoms with Crippen molar-refractivity contribution < 1.29 is 17.8 Å². The molecular formula is C6H13NO4S2. The van der Waals surface area contributed by atoms with Crippen LogP contribution in [-0.2, 0) is 14.9 Å². The average Bonchev–Trinajstić information content (AvgIpc) is 1.98. The third kappa shape index (κ3) is 8.07. The van der Waals surface area contributed by atoms with E-state index in [4.69, 9.17) is 4.55 Å². The topological polar surface area (TPSA) is 83.5 Å². The van der Waals surface area contributed by atoms with Gasteiger partial charge in [0.05, 0.1) is 5.75 Å². The van der Waals surface area contributed by atoms with Crippen LogP contribution in [-0.4, -0.2) is 43.2 Å². The van der Waals surface area contributed by atoms with Gasteiger partial charge in [0.15, 0.2) is 0 Å². The first-order valence-electron chi connectivity index (χ1n) is 3.63. The summed E-state index contributed by atoms with van der Waals surface area (Å²) in [5.41, 5.74) is 0. The minimum Gasteiger partial charge on any atom is -0.355 e. The molecule has 7 heteroatoms. The predicted octanol–water partition coefficient (Wildman–Crippen LogP) is -0.258. The molecule has 0 rings (SSSR count). The highest BCUT2D eigenvalue weighted by Gasteiger charge is 2.15. The summed E-state index contributed by atoms with van der Waals surface area (Å²) < 4.78 is 29.5. The highest BCUT2D eigenvalue weighted by atomic mass is 32.2. The number of amides is 1. The molecule has 0 aliphatic rings. The fourth-order valence-corrected chi connectivity index (χ4v) is 2.12. The van der Waals surface area contributed by atoms with Crippen LogP contribution in [0.4, 0.5) is 0 Å². The van der Waals surface area contributed by atoms with Crippen molar-refractivity contribution in [2.45, 2.75) is 12.5 Å². The first kappa shape index (κ1) is 12.7. The molecule has 0 aromatic carbocycles. The van der Waals surface area contributed by atoms with E-state index in [9.17, 15) is 13.2 Å². The van der Waals surface area contributed by atoms with Crippen molar-refractivity contribution in [2.24, 2.45) is 0 Å². The van der Waals surface area contributed by atoms with Gasteiger partial charge >= 0.3 is 0 Å². The zero-order valence-electron chi connectivity index (χ0n) is 7.26. The van der Waals surface area contributed by atoms with E-state index in [1.54, 1.807) is 11.8 Å². The third-order valence-corrected chi connectivity index (χ3v) is 2.85. The summed E-state index contributed by atoms with van der Waals surface area (Å²) in [4.78, 5) is 10.1. The smallest absolute Gasteiger partial charge is 0.266 e. The number of thioether (sulfide) groups is 1. The molecule has 0 aliphatic carbocycles. The third-order valence-electron chi connectivity index (χ3n) is 1.39. The lowest BCUT2D eigenvalue weighted by atomic mass is 10.3. The molecule has 13 heavy (non-hydrogen) atoms. The summed E-state index contributed by atoms with van der Waals surface area (Å²) in [5, 5.41) is 2.34. The van der Waals surface area contributed by atoms with Crippen molar-refractivity contribution in [1.29, 1.82) is 0 Å². The monoisotopic (exact) mass is 227 g/mol. The standard InChI is InChI=1S/C6H13NO4S2/c1-12-3-2-6(7-5-8)4-13(9,10)11/h5-6H,2-4H2,1H3,(H,7,8)(H,9,10,11). The zero-order valence-corrected chi connectivity index (χ0v) is 8.90. The van der Waals surface area contributed by atoms with Crippen molar-refractivity contribution in [3.05, 3.63) is 0 Å². The van der Waals surface area contributed by atoms with Crippen LogP contribution in [0.3, 0.4) is 0 Å². The second-order valence-corrected chi connectivity index (χ2v) is 4.99. The van der Waals surface area contributed by atoms with E-state index in [0.29, 0.717) is 12.8 Å². The molecule has 0 aromatic heterocycles. The van der Waals surface area contributed by atoms with Crippen molar-refractivity contribution >= 4 is 28.3 Å². The molecule has 5 nitrogen and oxygen atoms in total. The Morgan fingerprint density at radius 3 is 2.62 bits per heavy atom. The van der Waals surface area contributed by atoms with Gasteiger partial charge in [-0.25, -0.2) is 0 Å². The summed E-state index contributed by atoms with van der Waals surface area (Å²) >= 11 is 1.55. The average molecular weight is 227 g/mol. The Kier molecular flexibility index (Phi) is 6.10. The van der Waals surface area contributed by atoms with Gasteiger partial charge in [0.25, 0.3) is 10.1 Å². The van der Waals surface area contributed by atoms with Crippen molar-refractivity contribution in [1.82, 2.24) is 5.32 Å². The van der Waals surface area contributed by atoms with Crippen LogP contribution in [0, 0.1) is 0 Å². The van der Waals surface area contributed by atoms with Crippen molar-refractivity contribution in [2.75, 3.05) is 17.8 Å². The van der Waals surface area contributed by atoms with E-state index in [2.05, 4.69) is 5.32 Å². The lowest BCUT2D eigenvalue weighted by Gasteiger charge is -2.12.